The number of rotatable bonds is 46. The van der Waals surface area contributed by atoms with Crippen LogP contribution in [0.1, 0.15) is 279 Å². The topological polar surface area (TPSA) is 58.2 Å². The predicted octanol–water partition coefficient (Wildman–Crippen LogP) is 16.3. The Balaban J connectivity index is 3.40. The van der Waals surface area contributed by atoms with Crippen molar-refractivity contribution >= 4 is 11.7 Å². The van der Waals surface area contributed by atoms with E-state index in [1.165, 1.54) is 218 Å². The predicted molar refractivity (Wildman–Crippen MR) is 250 cm³/mol. The number of ketones is 1. The van der Waals surface area contributed by atoms with Gasteiger partial charge in [-0.1, -0.05) is 233 Å². The van der Waals surface area contributed by atoms with Crippen molar-refractivity contribution in [1.82, 2.24) is 10.6 Å². The summed E-state index contributed by atoms with van der Waals surface area (Å²) in [7, 11) is 2.05. The first kappa shape index (κ1) is 55.1. The van der Waals surface area contributed by atoms with Gasteiger partial charge in [0.15, 0.2) is 0 Å². The average Bonchev–Trinajstić information content (AvgIpc) is 3.18. The minimum atomic E-state index is 0.272. The van der Waals surface area contributed by atoms with Gasteiger partial charge in [-0.05, 0) is 69.9 Å². The maximum atomic E-state index is 12.2. The quantitative estimate of drug-likeness (QED) is 0.0604. The van der Waals surface area contributed by atoms with Crippen LogP contribution >= 0.6 is 0 Å². The van der Waals surface area contributed by atoms with Crippen LogP contribution in [0.4, 0.5) is 0 Å². The zero-order valence-electron chi connectivity index (χ0n) is 39.4. The van der Waals surface area contributed by atoms with Gasteiger partial charge in [0.25, 0.3) is 0 Å². The molecular formula is C52H104N2O2. The van der Waals surface area contributed by atoms with Gasteiger partial charge in [-0.15, -0.1) is 0 Å². The summed E-state index contributed by atoms with van der Waals surface area (Å²) in [4.78, 5) is 23.2. The summed E-state index contributed by atoms with van der Waals surface area (Å²) in [6.07, 6.45) is 50.1. The summed E-state index contributed by atoms with van der Waals surface area (Å²) in [5.74, 6) is 4.11. The van der Waals surface area contributed by atoms with Crippen molar-refractivity contribution in [3.05, 3.63) is 0 Å². The van der Waals surface area contributed by atoms with Gasteiger partial charge in [0, 0.05) is 19.4 Å². The van der Waals surface area contributed by atoms with Gasteiger partial charge < -0.3 is 15.4 Å². The van der Waals surface area contributed by atoms with Crippen molar-refractivity contribution in [3.63, 3.8) is 0 Å². The Bertz CT molecular complexity index is 815. The molecule has 0 radical (unpaired) electrons. The second kappa shape index (κ2) is 43.7. The molecule has 0 heterocycles. The fourth-order valence-corrected chi connectivity index (χ4v) is 8.65. The lowest BCUT2D eigenvalue weighted by atomic mass is 9.86. The smallest absolute Gasteiger partial charge is 0.219 e. The summed E-state index contributed by atoms with van der Waals surface area (Å²) in [5, 5.41) is 6.42. The molecule has 0 aliphatic carbocycles. The molecule has 4 atom stereocenters. The molecule has 0 bridgehead atoms. The van der Waals surface area contributed by atoms with Gasteiger partial charge in [-0.3, -0.25) is 4.79 Å². The van der Waals surface area contributed by atoms with E-state index in [4.69, 9.17) is 0 Å². The molecule has 0 spiro atoms. The van der Waals surface area contributed by atoms with E-state index in [0.29, 0.717) is 5.78 Å². The van der Waals surface area contributed by atoms with Gasteiger partial charge >= 0.3 is 0 Å². The second-order valence-corrected chi connectivity index (χ2v) is 19.0. The molecule has 0 saturated carbocycles. The van der Waals surface area contributed by atoms with Crippen molar-refractivity contribution < 1.29 is 9.59 Å². The van der Waals surface area contributed by atoms with E-state index in [0.717, 1.165) is 62.3 Å². The van der Waals surface area contributed by atoms with E-state index >= 15 is 0 Å². The fourth-order valence-electron chi connectivity index (χ4n) is 8.65. The number of carbonyl (C=O) groups is 2. The van der Waals surface area contributed by atoms with Crippen molar-refractivity contribution in [2.24, 2.45) is 23.7 Å². The molecule has 0 fully saturated rings. The van der Waals surface area contributed by atoms with E-state index in [1.807, 2.05) is 0 Å². The average molecular weight is 789 g/mol. The highest BCUT2D eigenvalue weighted by Gasteiger charge is 2.13. The zero-order chi connectivity index (χ0) is 41.2. The lowest BCUT2D eigenvalue weighted by molar-refractivity contribution is -0.121. The molecule has 1 amide bonds. The van der Waals surface area contributed by atoms with E-state index in [1.54, 1.807) is 6.92 Å². The van der Waals surface area contributed by atoms with Crippen LogP contribution in [0, 0.1) is 23.7 Å². The maximum Gasteiger partial charge on any atom is 0.219 e. The third kappa shape index (κ3) is 41.3. The Morgan fingerprint density at radius 2 is 0.589 bits per heavy atom. The number of Topliss-reactive ketones (excluding diaryl/α,β-unsaturated/α-hetero) is 1. The number of hydrogen-bond acceptors (Lipinski definition) is 3. The molecule has 0 rings (SSSR count). The third-order valence-corrected chi connectivity index (χ3v) is 13.4. The monoisotopic (exact) mass is 789 g/mol. The molecule has 0 aromatic carbocycles. The molecule has 334 valence electrons. The first-order chi connectivity index (χ1) is 27.3. The number of unbranched alkanes of at least 4 members (excludes halogenated alkanes) is 28. The van der Waals surface area contributed by atoms with Gasteiger partial charge in [-0.25, -0.2) is 0 Å². The minimum absolute atomic E-state index is 0.272. The normalized spacial score (nSPS) is 13.8. The Hall–Kier alpha value is -0.900. The Morgan fingerprint density at radius 3 is 0.893 bits per heavy atom. The molecule has 4 unspecified atom stereocenters. The molecule has 0 aromatic rings. The fraction of sp³-hybridized carbons (Fsp3) is 0.962. The summed E-state index contributed by atoms with van der Waals surface area (Å²) >= 11 is 0. The van der Waals surface area contributed by atoms with Crippen LogP contribution in [0.3, 0.4) is 0 Å². The van der Waals surface area contributed by atoms with E-state index in [9.17, 15) is 9.59 Å². The van der Waals surface area contributed by atoms with Gasteiger partial charge in [0.2, 0.25) is 5.91 Å². The van der Waals surface area contributed by atoms with E-state index in [-0.39, 0.29) is 5.91 Å². The highest BCUT2D eigenvalue weighted by Crippen LogP contribution is 2.26. The molecule has 0 aliphatic rings. The standard InChI is InChI=1S/C52H104N2O2/c1-47(39-31-23-15-9-7-11-19-27-35-43-51(5)55)48(2)40-32-24-16-10-8-12-20-28-36-44-52(56)54-46-38-30-22-14-18-26-34-42-50(4)49(3)41-33-25-17-13-21-29-37-45-53-6/h47-50,53H,7-46H2,1-6H3,(H,54,56). The Morgan fingerprint density at radius 1 is 0.339 bits per heavy atom. The Kier molecular flexibility index (Phi) is 43.0. The Labute approximate surface area is 353 Å². The van der Waals surface area contributed by atoms with Crippen molar-refractivity contribution in [2.75, 3.05) is 20.1 Å². The summed E-state index contributed by atoms with van der Waals surface area (Å²) in [6, 6.07) is 0. The summed E-state index contributed by atoms with van der Waals surface area (Å²) < 4.78 is 0. The van der Waals surface area contributed by atoms with Gasteiger partial charge in [-0.2, -0.15) is 0 Å². The minimum Gasteiger partial charge on any atom is -0.356 e. The van der Waals surface area contributed by atoms with Crippen molar-refractivity contribution in [3.8, 4) is 0 Å². The largest absolute Gasteiger partial charge is 0.356 e. The molecule has 2 N–H and O–H groups in total. The number of carbonyl (C=O) groups excluding carboxylic acids is 2. The molecule has 0 aliphatic heterocycles. The third-order valence-electron chi connectivity index (χ3n) is 13.4. The van der Waals surface area contributed by atoms with Crippen LogP contribution in [-0.4, -0.2) is 31.8 Å². The zero-order valence-corrected chi connectivity index (χ0v) is 39.4. The van der Waals surface area contributed by atoms with Crippen molar-refractivity contribution in [1.29, 1.82) is 0 Å². The second-order valence-electron chi connectivity index (χ2n) is 19.0. The molecule has 0 saturated heterocycles. The lowest BCUT2D eigenvalue weighted by Gasteiger charge is -2.19. The maximum absolute atomic E-state index is 12.2. The number of hydrogen-bond donors (Lipinski definition) is 2. The van der Waals surface area contributed by atoms with Crippen molar-refractivity contribution in [2.45, 2.75) is 279 Å². The van der Waals surface area contributed by atoms with Crippen LogP contribution in [0.2, 0.25) is 0 Å². The first-order valence-electron chi connectivity index (χ1n) is 25.7. The van der Waals surface area contributed by atoms with Crippen LogP contribution in [0.15, 0.2) is 0 Å². The molecule has 56 heavy (non-hydrogen) atoms. The number of amides is 1. The first-order valence-corrected chi connectivity index (χ1v) is 25.7. The highest BCUT2D eigenvalue weighted by atomic mass is 16.1. The van der Waals surface area contributed by atoms with Gasteiger partial charge in [0.05, 0.1) is 0 Å². The van der Waals surface area contributed by atoms with E-state index in [2.05, 4.69) is 45.4 Å². The SMILES string of the molecule is CNCCCCCCCCCC(C)C(C)CCCCCCCCCNC(=O)CCCCCCCCCCCC(C)C(C)CCCCCCCCCCCC(C)=O. The molecule has 4 nitrogen and oxygen atoms in total. The molecule has 0 aromatic heterocycles. The van der Waals surface area contributed by atoms with Gasteiger partial charge in [0.1, 0.15) is 5.78 Å². The summed E-state index contributed by atoms with van der Waals surface area (Å²) in [5.41, 5.74) is 0. The highest BCUT2D eigenvalue weighted by molar-refractivity contribution is 5.75. The number of nitrogens with one attached hydrogen (secondary N) is 2. The summed E-state index contributed by atoms with van der Waals surface area (Å²) in [6.45, 7) is 13.7. The van der Waals surface area contributed by atoms with Crippen LogP contribution < -0.4 is 10.6 Å². The van der Waals surface area contributed by atoms with Crippen LogP contribution in [0.25, 0.3) is 0 Å². The van der Waals surface area contributed by atoms with E-state index < -0.39 is 0 Å². The molecule has 4 heteroatoms. The molecular weight excluding hydrogens is 685 g/mol. The van der Waals surface area contributed by atoms with Crippen LogP contribution in [-0.2, 0) is 9.59 Å². The lowest BCUT2D eigenvalue weighted by Crippen LogP contribution is -2.23. The van der Waals surface area contributed by atoms with Crippen LogP contribution in [0.5, 0.6) is 0 Å².